The lowest BCUT2D eigenvalue weighted by Gasteiger charge is -2.24. The van der Waals surface area contributed by atoms with Gasteiger partial charge in [0.1, 0.15) is 5.82 Å². The molecule has 0 saturated carbocycles. The normalized spacial score (nSPS) is 15.5. The summed E-state index contributed by atoms with van der Waals surface area (Å²) in [6, 6.07) is 17.1. The predicted molar refractivity (Wildman–Crippen MR) is 142 cm³/mol. The van der Waals surface area contributed by atoms with Gasteiger partial charge in [0.05, 0.1) is 28.5 Å². The van der Waals surface area contributed by atoms with Crippen molar-refractivity contribution in [3.05, 3.63) is 120 Å². The summed E-state index contributed by atoms with van der Waals surface area (Å²) in [5.74, 6) is -0.771. The zero-order valence-corrected chi connectivity index (χ0v) is 21.8. The fraction of sp³-hybridized carbons (Fsp3) is 0.207. The number of fused-ring (bicyclic) bond motifs is 1. The molecule has 1 aliphatic rings. The van der Waals surface area contributed by atoms with Crippen molar-refractivity contribution in [3.8, 4) is 5.69 Å². The van der Waals surface area contributed by atoms with Crippen LogP contribution in [0.25, 0.3) is 11.8 Å². The Kier molecular flexibility index (Phi) is 6.52. The second-order valence-corrected chi connectivity index (χ2v) is 9.86. The number of thiazole rings is 1. The summed E-state index contributed by atoms with van der Waals surface area (Å²) in [6.07, 6.45) is 1.86. The molecule has 0 bridgehead atoms. The molecule has 188 valence electrons. The first-order chi connectivity index (χ1) is 17.8. The third-order valence-electron chi connectivity index (χ3n) is 6.47. The van der Waals surface area contributed by atoms with Crippen LogP contribution in [0.4, 0.5) is 4.39 Å². The van der Waals surface area contributed by atoms with Crippen LogP contribution in [-0.2, 0) is 9.53 Å². The standard InChI is InChI=1S/C29H26FN3O3S/c1-5-36-28(35)25-18(3)31-29-33(26(25)20-9-7-6-8-10-20)27(34)24(37-29)16-21-15-17(2)32(19(21)4)23-13-11-22(30)12-14-23/h6-16,26H,5H2,1-4H3/b24-16-/t26-/m1/s1. The van der Waals surface area contributed by atoms with Gasteiger partial charge in [-0.2, -0.15) is 0 Å². The summed E-state index contributed by atoms with van der Waals surface area (Å²) < 4.78 is 22.9. The first-order valence-electron chi connectivity index (χ1n) is 12.0. The zero-order valence-electron chi connectivity index (χ0n) is 21.0. The molecule has 2 aromatic carbocycles. The Morgan fingerprint density at radius 2 is 1.81 bits per heavy atom. The number of aryl methyl sites for hydroxylation is 1. The molecule has 1 aliphatic heterocycles. The lowest BCUT2D eigenvalue weighted by atomic mass is 9.96. The minimum atomic E-state index is -0.634. The average molecular weight is 516 g/mol. The highest BCUT2D eigenvalue weighted by Gasteiger charge is 2.33. The SMILES string of the molecule is CCOC(=O)C1=C(C)N=c2s/c(=C\c3cc(C)n(-c4ccc(F)cc4)c3C)c(=O)n2[C@@H]1c1ccccc1. The molecule has 8 heteroatoms. The minimum absolute atomic E-state index is 0.224. The van der Waals surface area contributed by atoms with E-state index in [0.29, 0.717) is 20.6 Å². The van der Waals surface area contributed by atoms with Crippen LogP contribution in [0.1, 0.15) is 42.4 Å². The number of carbonyl (C=O) groups is 1. The second kappa shape index (κ2) is 9.78. The number of aromatic nitrogens is 2. The first-order valence-corrected chi connectivity index (χ1v) is 12.8. The molecule has 4 aromatic rings. The number of nitrogens with zero attached hydrogens (tertiary/aromatic N) is 3. The van der Waals surface area contributed by atoms with Gasteiger partial charge < -0.3 is 9.30 Å². The topological polar surface area (TPSA) is 65.6 Å². The van der Waals surface area contributed by atoms with Crippen LogP contribution in [-0.4, -0.2) is 21.7 Å². The van der Waals surface area contributed by atoms with E-state index in [4.69, 9.17) is 4.74 Å². The molecule has 0 aliphatic carbocycles. The Hall–Kier alpha value is -4.04. The molecule has 0 saturated heterocycles. The van der Waals surface area contributed by atoms with E-state index >= 15 is 0 Å². The highest BCUT2D eigenvalue weighted by atomic mass is 32.1. The summed E-state index contributed by atoms with van der Waals surface area (Å²) in [5.41, 5.74) is 5.10. The van der Waals surface area contributed by atoms with Gasteiger partial charge in [0, 0.05) is 17.1 Å². The van der Waals surface area contributed by atoms with Crippen LogP contribution in [0, 0.1) is 19.7 Å². The lowest BCUT2D eigenvalue weighted by Crippen LogP contribution is -2.39. The number of benzene rings is 2. The third-order valence-corrected chi connectivity index (χ3v) is 7.46. The molecule has 6 nitrogen and oxygen atoms in total. The summed E-state index contributed by atoms with van der Waals surface area (Å²) in [4.78, 5) is 31.9. The number of hydrogen-bond acceptors (Lipinski definition) is 5. The van der Waals surface area contributed by atoms with Gasteiger partial charge >= 0.3 is 5.97 Å². The van der Waals surface area contributed by atoms with Crippen molar-refractivity contribution in [1.29, 1.82) is 0 Å². The molecule has 0 amide bonds. The monoisotopic (exact) mass is 515 g/mol. The molecule has 2 aromatic heterocycles. The highest BCUT2D eigenvalue weighted by Crippen LogP contribution is 2.30. The second-order valence-electron chi connectivity index (χ2n) is 8.85. The maximum Gasteiger partial charge on any atom is 0.338 e. The van der Waals surface area contributed by atoms with Crippen molar-refractivity contribution >= 4 is 23.4 Å². The molecule has 0 spiro atoms. The van der Waals surface area contributed by atoms with Crippen LogP contribution in [0.5, 0.6) is 0 Å². The van der Waals surface area contributed by atoms with Crippen LogP contribution in [0.2, 0.25) is 0 Å². The molecule has 0 unspecified atom stereocenters. The van der Waals surface area contributed by atoms with Crippen molar-refractivity contribution in [3.63, 3.8) is 0 Å². The van der Waals surface area contributed by atoms with Crippen molar-refractivity contribution in [2.24, 2.45) is 4.99 Å². The Morgan fingerprint density at radius 1 is 1.11 bits per heavy atom. The van der Waals surface area contributed by atoms with Crippen LogP contribution >= 0.6 is 11.3 Å². The summed E-state index contributed by atoms with van der Waals surface area (Å²) in [7, 11) is 0. The van der Waals surface area contributed by atoms with Gasteiger partial charge in [0.15, 0.2) is 4.80 Å². The van der Waals surface area contributed by atoms with E-state index in [2.05, 4.69) is 4.99 Å². The summed E-state index contributed by atoms with van der Waals surface area (Å²) >= 11 is 1.29. The van der Waals surface area contributed by atoms with Crippen LogP contribution in [0.3, 0.4) is 0 Å². The molecule has 0 radical (unpaired) electrons. The van der Waals surface area contributed by atoms with E-state index in [-0.39, 0.29) is 18.0 Å². The van der Waals surface area contributed by atoms with Crippen LogP contribution in [0.15, 0.2) is 81.7 Å². The van der Waals surface area contributed by atoms with Gasteiger partial charge in [-0.1, -0.05) is 41.7 Å². The summed E-state index contributed by atoms with van der Waals surface area (Å²) in [6.45, 7) is 7.69. The van der Waals surface area contributed by atoms with E-state index in [1.165, 1.54) is 23.5 Å². The third kappa shape index (κ3) is 4.38. The lowest BCUT2D eigenvalue weighted by molar-refractivity contribution is -0.139. The Labute approximate surface area is 217 Å². The van der Waals surface area contributed by atoms with Gasteiger partial charge in [0.2, 0.25) is 0 Å². The van der Waals surface area contributed by atoms with Crippen molar-refractivity contribution in [1.82, 2.24) is 9.13 Å². The minimum Gasteiger partial charge on any atom is -0.463 e. The number of ether oxygens (including phenoxy) is 1. The Balaban J connectivity index is 1.68. The number of rotatable bonds is 5. The largest absolute Gasteiger partial charge is 0.463 e. The van der Waals surface area contributed by atoms with Crippen molar-refractivity contribution in [2.45, 2.75) is 33.7 Å². The van der Waals surface area contributed by atoms with E-state index in [1.807, 2.05) is 60.9 Å². The van der Waals surface area contributed by atoms with E-state index < -0.39 is 12.0 Å². The molecule has 5 rings (SSSR count). The van der Waals surface area contributed by atoms with Crippen molar-refractivity contribution < 1.29 is 13.9 Å². The number of carbonyl (C=O) groups excluding carboxylic acids is 1. The number of esters is 1. The van der Waals surface area contributed by atoms with E-state index in [0.717, 1.165) is 28.2 Å². The molecule has 3 heterocycles. The summed E-state index contributed by atoms with van der Waals surface area (Å²) in [5, 5.41) is 0. The van der Waals surface area contributed by atoms with E-state index in [1.54, 1.807) is 30.5 Å². The molecule has 37 heavy (non-hydrogen) atoms. The molecule has 0 N–H and O–H groups in total. The first kappa shape index (κ1) is 24.6. The average Bonchev–Trinajstić information content (AvgIpc) is 3.33. The van der Waals surface area contributed by atoms with Gasteiger partial charge in [0.25, 0.3) is 5.56 Å². The maximum absolute atomic E-state index is 13.8. The highest BCUT2D eigenvalue weighted by molar-refractivity contribution is 7.07. The fourth-order valence-corrected chi connectivity index (χ4v) is 5.84. The molecular weight excluding hydrogens is 489 g/mol. The fourth-order valence-electron chi connectivity index (χ4n) is 4.80. The Bertz CT molecular complexity index is 1710. The zero-order chi connectivity index (χ0) is 26.3. The van der Waals surface area contributed by atoms with E-state index in [9.17, 15) is 14.0 Å². The number of allylic oxidation sites excluding steroid dienone is 1. The quantitative estimate of drug-likeness (QED) is 0.372. The number of hydrogen-bond donors (Lipinski definition) is 0. The molecule has 0 fully saturated rings. The molecule has 1 atom stereocenters. The molecular formula is C29H26FN3O3S. The van der Waals surface area contributed by atoms with Crippen molar-refractivity contribution in [2.75, 3.05) is 6.61 Å². The smallest absolute Gasteiger partial charge is 0.338 e. The van der Waals surface area contributed by atoms with Gasteiger partial charge in [-0.25, -0.2) is 14.2 Å². The van der Waals surface area contributed by atoms with Gasteiger partial charge in [-0.3, -0.25) is 9.36 Å². The number of halogens is 1. The van der Waals surface area contributed by atoms with Gasteiger partial charge in [-0.15, -0.1) is 0 Å². The van der Waals surface area contributed by atoms with Crippen LogP contribution < -0.4 is 14.9 Å². The predicted octanol–water partition coefficient (Wildman–Crippen LogP) is 4.34. The maximum atomic E-state index is 13.8. The van der Waals surface area contributed by atoms with Gasteiger partial charge in [-0.05, 0) is 75.2 Å². The Morgan fingerprint density at radius 3 is 2.49 bits per heavy atom.